The maximum absolute atomic E-state index is 14.4. The fourth-order valence-corrected chi connectivity index (χ4v) is 3.98. The van der Waals surface area contributed by atoms with Gasteiger partial charge in [0, 0.05) is 18.0 Å². The first-order valence-corrected chi connectivity index (χ1v) is 7.95. The second kappa shape index (κ2) is 5.73. The number of anilines is 1. The molecule has 0 bridgehead atoms. The largest absolute Gasteiger partial charge is 0.360 e. The number of rotatable bonds is 3. The molecule has 2 heterocycles. The fourth-order valence-electron chi connectivity index (χ4n) is 3.01. The molecule has 1 N–H and O–H groups in total. The van der Waals surface area contributed by atoms with Crippen LogP contribution in [0.25, 0.3) is 0 Å². The van der Waals surface area contributed by atoms with Crippen LogP contribution in [-0.4, -0.2) is 13.6 Å². The Balaban J connectivity index is 1.98. The van der Waals surface area contributed by atoms with Gasteiger partial charge >= 0.3 is 0 Å². The van der Waals surface area contributed by atoms with Crippen molar-refractivity contribution in [2.24, 2.45) is 0 Å². The Morgan fingerprint density at radius 1 is 1.33 bits per heavy atom. The second-order valence-corrected chi connectivity index (χ2v) is 6.36. The summed E-state index contributed by atoms with van der Waals surface area (Å²) in [4.78, 5) is 3.16. The van der Waals surface area contributed by atoms with Crippen LogP contribution >= 0.6 is 11.3 Å². The van der Waals surface area contributed by atoms with E-state index < -0.39 is 11.6 Å². The summed E-state index contributed by atoms with van der Waals surface area (Å²) in [6.45, 7) is 3.11. The summed E-state index contributed by atoms with van der Waals surface area (Å²) < 4.78 is 28.8. The first-order chi connectivity index (χ1) is 10.1. The third-order valence-electron chi connectivity index (χ3n) is 4.02. The Labute approximate surface area is 127 Å². The van der Waals surface area contributed by atoms with E-state index in [2.05, 4.69) is 11.4 Å². The fraction of sp³-hybridized carbons (Fsp3) is 0.375. The standard InChI is InChI=1S/C16H18F2N2S/c1-10-12-4-6-21-15(12)3-5-20(10)16-13(17)7-11(9-19-2)8-14(16)18/h4,6-8,10,19H,3,5,9H2,1-2H3. The van der Waals surface area contributed by atoms with Crippen molar-refractivity contribution < 1.29 is 8.78 Å². The van der Waals surface area contributed by atoms with Crippen molar-refractivity contribution in [3.05, 3.63) is 51.2 Å². The Bertz CT molecular complexity index is 630. The van der Waals surface area contributed by atoms with Crippen molar-refractivity contribution in [1.29, 1.82) is 0 Å². The normalized spacial score (nSPS) is 17.9. The summed E-state index contributed by atoms with van der Waals surface area (Å²) in [5, 5.41) is 4.96. The molecular weight excluding hydrogens is 290 g/mol. The molecule has 1 aromatic heterocycles. The minimum atomic E-state index is -0.481. The van der Waals surface area contributed by atoms with Crippen LogP contribution in [-0.2, 0) is 13.0 Å². The number of halogens is 2. The zero-order valence-corrected chi connectivity index (χ0v) is 12.9. The molecule has 1 atom stereocenters. The van der Waals surface area contributed by atoms with Gasteiger partial charge in [0.1, 0.15) is 17.3 Å². The lowest BCUT2D eigenvalue weighted by Crippen LogP contribution is -2.34. The Morgan fingerprint density at radius 3 is 2.71 bits per heavy atom. The highest BCUT2D eigenvalue weighted by Gasteiger charge is 2.28. The number of nitrogens with one attached hydrogen (secondary N) is 1. The van der Waals surface area contributed by atoms with Gasteiger partial charge in [-0.2, -0.15) is 0 Å². The van der Waals surface area contributed by atoms with Crippen molar-refractivity contribution in [3.63, 3.8) is 0 Å². The minimum Gasteiger partial charge on any atom is -0.360 e. The predicted molar refractivity (Wildman–Crippen MR) is 82.9 cm³/mol. The molecular formula is C16H18F2N2S. The van der Waals surface area contributed by atoms with Gasteiger partial charge in [-0.25, -0.2) is 8.78 Å². The average molecular weight is 308 g/mol. The van der Waals surface area contributed by atoms with E-state index in [-0.39, 0.29) is 11.7 Å². The Hall–Kier alpha value is -1.46. The number of fused-ring (bicyclic) bond motifs is 1. The van der Waals surface area contributed by atoms with Crippen molar-refractivity contribution in [2.45, 2.75) is 25.9 Å². The first kappa shape index (κ1) is 14.5. The van der Waals surface area contributed by atoms with Gasteiger partial charge in [-0.15, -0.1) is 11.3 Å². The van der Waals surface area contributed by atoms with Crippen LogP contribution in [0.1, 0.15) is 29.0 Å². The molecule has 0 amide bonds. The third-order valence-corrected chi connectivity index (χ3v) is 5.02. The highest BCUT2D eigenvalue weighted by atomic mass is 32.1. The molecule has 2 nitrogen and oxygen atoms in total. The summed E-state index contributed by atoms with van der Waals surface area (Å²) >= 11 is 1.72. The Kier molecular flexibility index (Phi) is 3.95. The van der Waals surface area contributed by atoms with Crippen molar-refractivity contribution >= 4 is 17.0 Å². The second-order valence-electron chi connectivity index (χ2n) is 5.36. The summed E-state index contributed by atoms with van der Waals surface area (Å²) in [5.74, 6) is -0.962. The van der Waals surface area contributed by atoms with Gasteiger partial charge in [0.2, 0.25) is 0 Å². The van der Waals surface area contributed by atoms with E-state index in [1.165, 1.54) is 22.6 Å². The molecule has 3 rings (SSSR count). The Morgan fingerprint density at radius 2 is 2.05 bits per heavy atom. The van der Waals surface area contributed by atoms with Gasteiger partial charge in [-0.3, -0.25) is 0 Å². The smallest absolute Gasteiger partial charge is 0.149 e. The van der Waals surface area contributed by atoms with Crippen LogP contribution in [0.4, 0.5) is 14.5 Å². The summed E-state index contributed by atoms with van der Waals surface area (Å²) in [6, 6.07) is 4.90. The number of benzene rings is 1. The molecule has 2 aromatic rings. The van der Waals surface area contributed by atoms with E-state index in [9.17, 15) is 8.78 Å². The maximum atomic E-state index is 14.4. The SMILES string of the molecule is CNCc1cc(F)c(N2CCc3sccc3C2C)c(F)c1. The number of hydrogen-bond donors (Lipinski definition) is 1. The molecule has 21 heavy (non-hydrogen) atoms. The molecule has 1 aliphatic rings. The van der Waals surface area contributed by atoms with Gasteiger partial charge in [0.15, 0.2) is 0 Å². The number of nitrogens with zero attached hydrogens (tertiary/aromatic N) is 1. The molecule has 0 saturated carbocycles. The molecule has 0 aliphatic carbocycles. The van der Waals surface area contributed by atoms with Crippen molar-refractivity contribution in [3.8, 4) is 0 Å². The third kappa shape index (κ3) is 2.56. The van der Waals surface area contributed by atoms with Gasteiger partial charge in [0.25, 0.3) is 0 Å². The lowest BCUT2D eigenvalue weighted by molar-refractivity contribution is 0.540. The van der Waals surface area contributed by atoms with Crippen LogP contribution < -0.4 is 10.2 Å². The first-order valence-electron chi connectivity index (χ1n) is 7.07. The van der Waals surface area contributed by atoms with Gasteiger partial charge in [-0.05, 0) is 55.1 Å². The summed E-state index contributed by atoms with van der Waals surface area (Å²) in [7, 11) is 1.76. The molecule has 1 aromatic carbocycles. The van der Waals surface area contributed by atoms with Crippen molar-refractivity contribution in [1.82, 2.24) is 5.32 Å². The van der Waals surface area contributed by atoms with Gasteiger partial charge in [0.05, 0.1) is 6.04 Å². The minimum absolute atomic E-state index is 0.000787. The van der Waals surface area contributed by atoms with Crippen LogP contribution in [0.2, 0.25) is 0 Å². The quantitative estimate of drug-likeness (QED) is 0.926. The van der Waals surface area contributed by atoms with E-state index in [1.54, 1.807) is 18.4 Å². The molecule has 5 heteroatoms. The van der Waals surface area contributed by atoms with E-state index in [1.807, 2.05) is 17.2 Å². The average Bonchev–Trinajstić information content (AvgIpc) is 2.90. The number of thiophene rings is 1. The van der Waals surface area contributed by atoms with Crippen molar-refractivity contribution in [2.75, 3.05) is 18.5 Å². The van der Waals surface area contributed by atoms with Crippen LogP contribution in [0, 0.1) is 11.6 Å². The van der Waals surface area contributed by atoms with E-state index in [0.29, 0.717) is 18.7 Å². The summed E-state index contributed by atoms with van der Waals surface area (Å²) in [5.41, 5.74) is 1.90. The maximum Gasteiger partial charge on any atom is 0.149 e. The molecule has 0 saturated heterocycles. The highest BCUT2D eigenvalue weighted by molar-refractivity contribution is 7.10. The highest BCUT2D eigenvalue weighted by Crippen LogP contribution is 2.38. The molecule has 1 aliphatic heterocycles. The number of hydrogen-bond acceptors (Lipinski definition) is 3. The molecule has 0 spiro atoms. The van der Waals surface area contributed by atoms with Crippen LogP contribution in [0.5, 0.6) is 0 Å². The van der Waals surface area contributed by atoms with E-state index >= 15 is 0 Å². The zero-order valence-electron chi connectivity index (χ0n) is 12.1. The molecule has 0 fully saturated rings. The van der Waals surface area contributed by atoms with Gasteiger partial charge < -0.3 is 10.2 Å². The molecule has 0 radical (unpaired) electrons. The molecule has 1 unspecified atom stereocenters. The van der Waals surface area contributed by atoms with E-state index in [0.717, 1.165) is 6.42 Å². The topological polar surface area (TPSA) is 15.3 Å². The predicted octanol–water partition coefficient (Wildman–Crippen LogP) is 3.87. The van der Waals surface area contributed by atoms with Crippen LogP contribution in [0.15, 0.2) is 23.6 Å². The van der Waals surface area contributed by atoms with Crippen LogP contribution in [0.3, 0.4) is 0 Å². The molecule has 112 valence electrons. The lowest BCUT2D eigenvalue weighted by atomic mass is 10.00. The van der Waals surface area contributed by atoms with E-state index in [4.69, 9.17) is 0 Å². The monoisotopic (exact) mass is 308 g/mol. The lowest BCUT2D eigenvalue weighted by Gasteiger charge is -2.36. The summed E-state index contributed by atoms with van der Waals surface area (Å²) in [6.07, 6.45) is 0.842. The van der Waals surface area contributed by atoms with Gasteiger partial charge in [-0.1, -0.05) is 0 Å². The zero-order chi connectivity index (χ0) is 15.0.